The Kier molecular flexibility index (Phi) is 5.63. The van der Waals surface area contributed by atoms with Crippen LogP contribution in [0, 0.1) is 11.7 Å². The first-order valence-electron chi connectivity index (χ1n) is 11.4. The van der Waals surface area contributed by atoms with Gasteiger partial charge >= 0.3 is 0 Å². The van der Waals surface area contributed by atoms with Crippen LogP contribution in [0.1, 0.15) is 49.3 Å². The second-order valence-corrected chi connectivity index (χ2v) is 8.67. The van der Waals surface area contributed by atoms with Gasteiger partial charge in [0.15, 0.2) is 0 Å². The van der Waals surface area contributed by atoms with Crippen LogP contribution in [0.2, 0.25) is 0 Å². The van der Waals surface area contributed by atoms with E-state index in [1.807, 2.05) is 61.5 Å². The van der Waals surface area contributed by atoms with Crippen molar-refractivity contribution in [1.29, 1.82) is 0 Å². The molecule has 0 saturated heterocycles. The van der Waals surface area contributed by atoms with E-state index in [1.165, 1.54) is 12.1 Å². The number of amides is 1. The summed E-state index contributed by atoms with van der Waals surface area (Å²) in [6.45, 7) is 1.81. The van der Waals surface area contributed by atoms with Crippen molar-refractivity contribution in [1.82, 2.24) is 0 Å². The summed E-state index contributed by atoms with van der Waals surface area (Å²) in [5.41, 5.74) is 4.01. The van der Waals surface area contributed by atoms with Crippen molar-refractivity contribution in [3.05, 3.63) is 95.8 Å². The van der Waals surface area contributed by atoms with E-state index in [0.717, 1.165) is 16.8 Å². The average Bonchev–Trinajstić information content (AvgIpc) is 2.99. The minimum Gasteiger partial charge on any atom is -0.302 e. The Balaban J connectivity index is 1.69. The van der Waals surface area contributed by atoms with Gasteiger partial charge in [0.05, 0.1) is 23.3 Å². The highest BCUT2D eigenvalue weighted by atomic mass is 19.1. The van der Waals surface area contributed by atoms with Crippen molar-refractivity contribution in [2.75, 3.05) is 4.90 Å². The lowest BCUT2D eigenvalue weighted by molar-refractivity contribution is -0.123. The van der Waals surface area contributed by atoms with Gasteiger partial charge in [-0.05, 0) is 47.7 Å². The lowest BCUT2D eigenvalue weighted by Gasteiger charge is -2.39. The maximum atomic E-state index is 13.8. The van der Waals surface area contributed by atoms with Crippen molar-refractivity contribution >= 4 is 28.8 Å². The van der Waals surface area contributed by atoms with Crippen molar-refractivity contribution in [2.45, 2.75) is 38.1 Å². The molecule has 1 aliphatic heterocycles. The molecule has 1 amide bonds. The van der Waals surface area contributed by atoms with E-state index in [2.05, 4.69) is 0 Å². The molecule has 0 radical (unpaired) electrons. The molecular weight excluding hydrogens is 415 g/mol. The molecule has 33 heavy (non-hydrogen) atoms. The highest BCUT2D eigenvalue weighted by Crippen LogP contribution is 2.47. The van der Waals surface area contributed by atoms with Crippen LogP contribution < -0.4 is 4.90 Å². The Morgan fingerprint density at radius 2 is 1.64 bits per heavy atom. The standard InChI is InChI=1S/C28H25FN2O2/c1-2-26(33)31-24-11-7-6-10-22(24)30-23-16-20(18-8-4-3-5-9-18)17-25(32)27(23)28(31)19-12-14-21(29)15-13-19/h3-15,20,27-28H,2,16-17H2,1H3. The van der Waals surface area contributed by atoms with Gasteiger partial charge in [-0.2, -0.15) is 0 Å². The third-order valence-electron chi connectivity index (χ3n) is 6.66. The molecule has 0 bridgehead atoms. The maximum Gasteiger partial charge on any atom is 0.227 e. The molecule has 1 saturated carbocycles. The van der Waals surface area contributed by atoms with E-state index in [-0.39, 0.29) is 29.8 Å². The number of ketones is 1. The molecule has 0 aromatic heterocycles. The number of rotatable bonds is 3. The van der Waals surface area contributed by atoms with Crippen molar-refractivity contribution in [3.8, 4) is 0 Å². The van der Waals surface area contributed by atoms with Crippen LogP contribution >= 0.6 is 0 Å². The average molecular weight is 441 g/mol. The molecule has 3 unspecified atom stereocenters. The quantitative estimate of drug-likeness (QED) is 0.490. The number of fused-ring (bicyclic) bond motifs is 2. The Morgan fingerprint density at radius 1 is 0.939 bits per heavy atom. The largest absolute Gasteiger partial charge is 0.302 e. The van der Waals surface area contributed by atoms with Gasteiger partial charge in [0, 0.05) is 18.6 Å². The molecule has 0 N–H and O–H groups in total. The minimum absolute atomic E-state index is 0.0446. The van der Waals surface area contributed by atoms with Crippen molar-refractivity contribution < 1.29 is 14.0 Å². The van der Waals surface area contributed by atoms with Crippen molar-refractivity contribution in [3.63, 3.8) is 0 Å². The van der Waals surface area contributed by atoms with E-state index in [4.69, 9.17) is 4.99 Å². The topological polar surface area (TPSA) is 49.7 Å². The number of para-hydroxylation sites is 2. The smallest absolute Gasteiger partial charge is 0.227 e. The molecule has 3 aromatic rings. The first-order chi connectivity index (χ1) is 16.1. The normalized spacial score (nSPS) is 22.1. The second-order valence-electron chi connectivity index (χ2n) is 8.67. The zero-order valence-corrected chi connectivity index (χ0v) is 18.4. The van der Waals surface area contributed by atoms with E-state index < -0.39 is 12.0 Å². The number of nitrogens with zero attached hydrogens (tertiary/aromatic N) is 2. The third kappa shape index (κ3) is 3.88. The predicted molar refractivity (Wildman–Crippen MR) is 127 cm³/mol. The zero-order valence-electron chi connectivity index (χ0n) is 18.4. The second kappa shape index (κ2) is 8.74. The van der Waals surface area contributed by atoms with Gasteiger partial charge in [-0.3, -0.25) is 14.6 Å². The summed E-state index contributed by atoms with van der Waals surface area (Å²) in [4.78, 5) is 33.7. The van der Waals surface area contributed by atoms with Crippen LogP contribution in [0.5, 0.6) is 0 Å². The zero-order chi connectivity index (χ0) is 22.9. The monoisotopic (exact) mass is 440 g/mol. The molecule has 1 aliphatic carbocycles. The summed E-state index contributed by atoms with van der Waals surface area (Å²) >= 11 is 0. The molecule has 5 rings (SSSR count). The fraction of sp³-hybridized carbons (Fsp3) is 0.250. The number of aliphatic imine (C=N–C) groups is 1. The van der Waals surface area contributed by atoms with Crippen LogP contribution in [-0.4, -0.2) is 17.4 Å². The van der Waals surface area contributed by atoms with Gasteiger partial charge in [0.2, 0.25) is 5.91 Å². The van der Waals surface area contributed by atoms with Gasteiger partial charge in [0.25, 0.3) is 0 Å². The van der Waals surface area contributed by atoms with Gasteiger partial charge in [-0.15, -0.1) is 0 Å². The summed E-state index contributed by atoms with van der Waals surface area (Å²) in [6.07, 6.45) is 1.31. The SMILES string of the molecule is CCC(=O)N1c2ccccc2N=C2CC(c3ccccc3)CC(=O)C2C1c1ccc(F)cc1. The lowest BCUT2D eigenvalue weighted by atomic mass is 9.72. The number of halogens is 1. The number of carbonyl (C=O) groups excluding carboxylic acids is 2. The maximum absolute atomic E-state index is 13.8. The fourth-order valence-corrected chi connectivity index (χ4v) is 5.12. The van der Waals surface area contributed by atoms with E-state index in [1.54, 1.807) is 17.0 Å². The molecule has 3 atom stereocenters. The van der Waals surface area contributed by atoms with Crippen molar-refractivity contribution in [2.24, 2.45) is 10.9 Å². The number of Topliss-reactive ketones (excluding diaryl/α,β-unsaturated/α-hetero) is 1. The van der Waals surface area contributed by atoms with E-state index in [9.17, 15) is 14.0 Å². The van der Waals surface area contributed by atoms with Crippen LogP contribution in [0.25, 0.3) is 0 Å². The molecule has 4 nitrogen and oxygen atoms in total. The summed E-state index contributed by atoms with van der Waals surface area (Å²) in [5.74, 6) is -0.910. The number of carbonyl (C=O) groups is 2. The number of hydrogen-bond donors (Lipinski definition) is 0. The van der Waals surface area contributed by atoms with Gasteiger partial charge < -0.3 is 4.90 Å². The molecule has 2 aliphatic rings. The van der Waals surface area contributed by atoms with Gasteiger partial charge in [-0.1, -0.05) is 61.5 Å². The Hall–Kier alpha value is -3.60. The van der Waals surface area contributed by atoms with Crippen LogP contribution in [0.4, 0.5) is 15.8 Å². The Bertz CT molecular complexity index is 1220. The molecule has 5 heteroatoms. The molecule has 1 fully saturated rings. The molecule has 1 heterocycles. The van der Waals surface area contributed by atoms with Gasteiger partial charge in [0.1, 0.15) is 11.6 Å². The number of benzene rings is 3. The summed E-state index contributed by atoms with van der Waals surface area (Å²) in [5, 5.41) is 0. The van der Waals surface area contributed by atoms with E-state index in [0.29, 0.717) is 24.2 Å². The number of hydrogen-bond acceptors (Lipinski definition) is 3. The van der Waals surface area contributed by atoms with Crippen LogP contribution in [0.15, 0.2) is 83.9 Å². The summed E-state index contributed by atoms with van der Waals surface area (Å²) in [7, 11) is 0. The first kappa shape index (κ1) is 21.3. The van der Waals surface area contributed by atoms with Gasteiger partial charge in [-0.25, -0.2) is 4.39 Å². The molecule has 0 spiro atoms. The third-order valence-corrected chi connectivity index (χ3v) is 6.66. The summed E-state index contributed by atoms with van der Waals surface area (Å²) < 4.78 is 13.8. The molecular formula is C28H25FN2O2. The fourth-order valence-electron chi connectivity index (χ4n) is 5.12. The number of anilines is 1. The highest BCUT2D eigenvalue weighted by molar-refractivity contribution is 6.13. The van der Waals surface area contributed by atoms with Crippen LogP contribution in [0.3, 0.4) is 0 Å². The molecule has 166 valence electrons. The predicted octanol–water partition coefficient (Wildman–Crippen LogP) is 6.16. The van der Waals surface area contributed by atoms with Crippen LogP contribution in [-0.2, 0) is 9.59 Å². The Labute approximate surface area is 192 Å². The highest BCUT2D eigenvalue weighted by Gasteiger charge is 2.45. The van der Waals surface area contributed by atoms with E-state index >= 15 is 0 Å². The molecule has 3 aromatic carbocycles. The first-order valence-corrected chi connectivity index (χ1v) is 11.4. The summed E-state index contributed by atoms with van der Waals surface area (Å²) in [6, 6.07) is 23.1. The lowest BCUT2D eigenvalue weighted by Crippen LogP contribution is -2.45. The minimum atomic E-state index is -0.571. The Morgan fingerprint density at radius 3 is 2.36 bits per heavy atom.